The lowest BCUT2D eigenvalue weighted by molar-refractivity contribution is -0.134. The average molecular weight is 412 g/mol. The molecule has 0 spiro atoms. The van der Waals surface area contributed by atoms with E-state index in [9.17, 15) is 14.4 Å². The van der Waals surface area contributed by atoms with E-state index < -0.39 is 0 Å². The Bertz CT molecular complexity index is 858. The Labute approximate surface area is 176 Å². The first-order valence-corrected chi connectivity index (χ1v) is 11.3. The van der Waals surface area contributed by atoms with E-state index in [2.05, 4.69) is 4.90 Å². The molecule has 7 nitrogen and oxygen atoms in total. The van der Waals surface area contributed by atoms with Crippen LogP contribution in [0.25, 0.3) is 0 Å². The quantitative estimate of drug-likeness (QED) is 0.711. The first-order chi connectivity index (χ1) is 14.6. The molecule has 0 radical (unpaired) electrons. The third-order valence-corrected chi connectivity index (χ3v) is 6.92. The summed E-state index contributed by atoms with van der Waals surface area (Å²) in [6, 6.07) is 5.51. The minimum absolute atomic E-state index is 0.0390. The summed E-state index contributed by atoms with van der Waals surface area (Å²) in [7, 11) is 0. The molecule has 0 saturated carbocycles. The fourth-order valence-corrected chi connectivity index (χ4v) is 5.33. The second-order valence-electron chi connectivity index (χ2n) is 8.87. The van der Waals surface area contributed by atoms with E-state index in [1.807, 2.05) is 17.0 Å². The van der Waals surface area contributed by atoms with Crippen LogP contribution in [-0.4, -0.2) is 73.0 Å². The maximum atomic E-state index is 13.2. The lowest BCUT2D eigenvalue weighted by atomic mass is 9.95. The van der Waals surface area contributed by atoms with Crippen LogP contribution in [0.3, 0.4) is 0 Å². The smallest absolute Gasteiger partial charge is 0.263 e. The number of benzene rings is 1. The molecule has 0 bridgehead atoms. The fourth-order valence-electron chi connectivity index (χ4n) is 5.33. The summed E-state index contributed by atoms with van der Waals surface area (Å²) in [6.45, 7) is 4.15. The fraction of sp³-hybridized carbons (Fsp3) is 0.609. The van der Waals surface area contributed by atoms with Gasteiger partial charge in [-0.25, -0.2) is 0 Å². The van der Waals surface area contributed by atoms with E-state index in [1.54, 1.807) is 6.07 Å². The van der Waals surface area contributed by atoms with Crippen molar-refractivity contribution in [3.05, 3.63) is 29.3 Å². The Morgan fingerprint density at radius 1 is 1.00 bits per heavy atom. The highest BCUT2D eigenvalue weighted by atomic mass is 16.5. The summed E-state index contributed by atoms with van der Waals surface area (Å²) in [5, 5.41) is 0. The molecule has 2 atom stereocenters. The van der Waals surface area contributed by atoms with Crippen molar-refractivity contribution in [2.75, 3.05) is 44.2 Å². The topological polar surface area (TPSA) is 70.2 Å². The highest BCUT2D eigenvalue weighted by molar-refractivity contribution is 6.23. The maximum Gasteiger partial charge on any atom is 0.263 e. The lowest BCUT2D eigenvalue weighted by Crippen LogP contribution is -2.44. The molecule has 7 heteroatoms. The number of nitrogens with zero attached hydrogens (tertiary/aromatic N) is 3. The van der Waals surface area contributed by atoms with Crippen LogP contribution in [0.2, 0.25) is 0 Å². The van der Waals surface area contributed by atoms with Gasteiger partial charge in [-0.15, -0.1) is 0 Å². The zero-order valence-electron chi connectivity index (χ0n) is 17.3. The van der Waals surface area contributed by atoms with E-state index in [-0.39, 0.29) is 29.7 Å². The molecular weight excluding hydrogens is 382 g/mol. The molecule has 3 saturated heterocycles. The number of anilines is 1. The standard InChI is InChI=1S/C23H29N3O4/c27-21(24-10-1-2-11-24)16-6-4-12-25(14-16)19-9-3-8-18-20(19)23(29)26(22(18)28)15-17-7-5-13-30-17/h3,8-9,16-17H,1-2,4-7,10-15H2. The first-order valence-electron chi connectivity index (χ1n) is 11.3. The number of imide groups is 1. The lowest BCUT2D eigenvalue weighted by Gasteiger charge is -2.36. The molecule has 5 rings (SSSR count). The third-order valence-electron chi connectivity index (χ3n) is 6.92. The molecular formula is C23H29N3O4. The van der Waals surface area contributed by atoms with E-state index in [1.165, 1.54) is 4.90 Å². The monoisotopic (exact) mass is 411 g/mol. The van der Waals surface area contributed by atoms with Crippen molar-refractivity contribution in [2.24, 2.45) is 5.92 Å². The SMILES string of the molecule is O=C(C1CCCN(c2cccc3c2C(=O)N(CC2CCCO2)C3=O)C1)N1CCCC1. The van der Waals surface area contributed by atoms with Crippen molar-refractivity contribution in [1.29, 1.82) is 0 Å². The van der Waals surface area contributed by atoms with Gasteiger partial charge in [0.15, 0.2) is 0 Å². The molecule has 3 amide bonds. The van der Waals surface area contributed by atoms with Gasteiger partial charge in [-0.1, -0.05) is 6.07 Å². The molecule has 0 aliphatic carbocycles. The van der Waals surface area contributed by atoms with Crippen LogP contribution in [-0.2, 0) is 9.53 Å². The third kappa shape index (κ3) is 3.39. The average Bonchev–Trinajstić information content (AvgIpc) is 3.53. The summed E-state index contributed by atoms with van der Waals surface area (Å²) >= 11 is 0. The Hall–Kier alpha value is -2.41. The molecule has 4 heterocycles. The van der Waals surface area contributed by atoms with Gasteiger partial charge in [0.1, 0.15) is 0 Å². The van der Waals surface area contributed by atoms with Gasteiger partial charge in [-0.3, -0.25) is 19.3 Å². The number of amides is 3. The van der Waals surface area contributed by atoms with Crippen LogP contribution in [0.15, 0.2) is 18.2 Å². The van der Waals surface area contributed by atoms with E-state index >= 15 is 0 Å². The van der Waals surface area contributed by atoms with Crippen molar-refractivity contribution in [3.8, 4) is 0 Å². The molecule has 160 valence electrons. The van der Waals surface area contributed by atoms with Gasteiger partial charge in [-0.2, -0.15) is 0 Å². The van der Waals surface area contributed by atoms with E-state index in [0.29, 0.717) is 30.8 Å². The van der Waals surface area contributed by atoms with Gasteiger partial charge in [-0.05, 0) is 50.7 Å². The van der Waals surface area contributed by atoms with Gasteiger partial charge in [0.25, 0.3) is 11.8 Å². The number of carbonyl (C=O) groups is 3. The van der Waals surface area contributed by atoms with Gasteiger partial charge in [0.05, 0.1) is 35.4 Å². The van der Waals surface area contributed by atoms with Crippen molar-refractivity contribution in [2.45, 2.75) is 44.6 Å². The van der Waals surface area contributed by atoms with Gasteiger partial charge >= 0.3 is 0 Å². The summed E-state index contributed by atoms with van der Waals surface area (Å²) in [6.07, 6.45) is 5.77. The number of hydrogen-bond acceptors (Lipinski definition) is 5. The van der Waals surface area contributed by atoms with Crippen molar-refractivity contribution in [3.63, 3.8) is 0 Å². The van der Waals surface area contributed by atoms with Crippen LogP contribution in [0, 0.1) is 5.92 Å². The molecule has 1 aromatic carbocycles. The van der Waals surface area contributed by atoms with Crippen LogP contribution >= 0.6 is 0 Å². The Balaban J connectivity index is 1.37. The summed E-state index contributed by atoms with van der Waals surface area (Å²) in [5.74, 6) is -0.252. The minimum atomic E-state index is -0.228. The van der Waals surface area contributed by atoms with E-state index in [4.69, 9.17) is 4.74 Å². The number of piperidine rings is 1. The van der Waals surface area contributed by atoms with E-state index in [0.717, 1.165) is 63.8 Å². The van der Waals surface area contributed by atoms with Gasteiger partial charge in [0, 0.05) is 32.8 Å². The second-order valence-corrected chi connectivity index (χ2v) is 8.87. The van der Waals surface area contributed by atoms with Gasteiger partial charge in [0.2, 0.25) is 5.91 Å². The Morgan fingerprint density at radius 2 is 1.83 bits per heavy atom. The molecule has 30 heavy (non-hydrogen) atoms. The summed E-state index contributed by atoms with van der Waals surface area (Å²) in [5.41, 5.74) is 1.76. The molecule has 4 aliphatic rings. The van der Waals surface area contributed by atoms with Crippen LogP contribution in [0.1, 0.15) is 59.2 Å². The number of fused-ring (bicyclic) bond motifs is 1. The highest BCUT2D eigenvalue weighted by Gasteiger charge is 2.41. The molecule has 3 fully saturated rings. The van der Waals surface area contributed by atoms with Crippen molar-refractivity contribution >= 4 is 23.4 Å². The van der Waals surface area contributed by atoms with Crippen LogP contribution in [0.4, 0.5) is 5.69 Å². The Morgan fingerprint density at radius 3 is 2.60 bits per heavy atom. The van der Waals surface area contributed by atoms with Crippen molar-refractivity contribution in [1.82, 2.24) is 9.80 Å². The molecule has 2 unspecified atom stereocenters. The van der Waals surface area contributed by atoms with Crippen LogP contribution < -0.4 is 4.90 Å². The van der Waals surface area contributed by atoms with Crippen molar-refractivity contribution < 1.29 is 19.1 Å². The predicted octanol–water partition coefficient (Wildman–Crippen LogP) is 2.30. The minimum Gasteiger partial charge on any atom is -0.376 e. The summed E-state index contributed by atoms with van der Waals surface area (Å²) in [4.78, 5) is 44.6. The number of likely N-dealkylation sites (tertiary alicyclic amines) is 1. The van der Waals surface area contributed by atoms with Crippen LogP contribution in [0.5, 0.6) is 0 Å². The zero-order valence-corrected chi connectivity index (χ0v) is 17.3. The first kappa shape index (κ1) is 19.5. The number of hydrogen-bond donors (Lipinski definition) is 0. The normalized spacial score (nSPS) is 26.6. The number of carbonyl (C=O) groups excluding carboxylic acids is 3. The molecule has 4 aliphatic heterocycles. The molecule has 0 N–H and O–H groups in total. The molecule has 1 aromatic rings. The van der Waals surface area contributed by atoms with Gasteiger partial charge < -0.3 is 14.5 Å². The number of ether oxygens (including phenoxy) is 1. The Kier molecular flexibility index (Phi) is 5.23. The highest BCUT2D eigenvalue weighted by Crippen LogP contribution is 2.35. The second kappa shape index (κ2) is 8.02. The maximum absolute atomic E-state index is 13.2. The molecule has 0 aromatic heterocycles. The number of rotatable bonds is 4. The predicted molar refractivity (Wildman–Crippen MR) is 112 cm³/mol. The zero-order chi connectivity index (χ0) is 20.7. The summed E-state index contributed by atoms with van der Waals surface area (Å²) < 4.78 is 5.65. The largest absolute Gasteiger partial charge is 0.376 e.